The Morgan fingerprint density at radius 2 is 2.25 bits per heavy atom. The Balaban J connectivity index is 2.88. The summed E-state index contributed by atoms with van der Waals surface area (Å²) in [5.41, 5.74) is 5.23. The number of halogens is 3. The molecule has 1 aromatic rings. The quantitative estimate of drug-likeness (QED) is 0.356. The number of nitrogens with zero attached hydrogens (tertiary/aromatic N) is 2. The first-order chi connectivity index (χ1) is 7.44. The first-order valence-electron chi connectivity index (χ1n) is 4.06. The van der Waals surface area contributed by atoms with Crippen LogP contribution in [0.3, 0.4) is 0 Å². The van der Waals surface area contributed by atoms with Gasteiger partial charge in [0.25, 0.3) is 0 Å². The number of nitrogens with two attached hydrogens (primary N) is 1. The average molecular weight is 235 g/mol. The summed E-state index contributed by atoms with van der Waals surface area (Å²) in [6.45, 7) is -1.49. The molecule has 0 aliphatic rings. The van der Waals surface area contributed by atoms with E-state index in [4.69, 9.17) is 10.9 Å². The van der Waals surface area contributed by atoms with Gasteiger partial charge in [-0.3, -0.25) is 0 Å². The molecule has 1 heterocycles. The van der Waals surface area contributed by atoms with Crippen molar-refractivity contribution in [2.75, 3.05) is 6.61 Å². The molecule has 1 rings (SSSR count). The van der Waals surface area contributed by atoms with Crippen molar-refractivity contribution in [3.05, 3.63) is 23.9 Å². The summed E-state index contributed by atoms with van der Waals surface area (Å²) in [6.07, 6.45) is -3.24. The van der Waals surface area contributed by atoms with Gasteiger partial charge in [0.1, 0.15) is 0 Å². The third-order valence-electron chi connectivity index (χ3n) is 1.53. The van der Waals surface area contributed by atoms with Gasteiger partial charge in [-0.05, 0) is 12.1 Å². The van der Waals surface area contributed by atoms with Crippen LogP contribution in [0, 0.1) is 0 Å². The first kappa shape index (κ1) is 12.1. The van der Waals surface area contributed by atoms with Crippen molar-refractivity contribution in [2.24, 2.45) is 10.9 Å². The molecule has 8 heteroatoms. The lowest BCUT2D eigenvalue weighted by atomic mass is 10.2. The van der Waals surface area contributed by atoms with E-state index in [2.05, 4.69) is 14.9 Å². The Morgan fingerprint density at radius 3 is 2.81 bits per heavy atom. The lowest BCUT2D eigenvalue weighted by Crippen LogP contribution is -2.22. The van der Waals surface area contributed by atoms with E-state index < -0.39 is 12.8 Å². The second-order valence-corrected chi connectivity index (χ2v) is 2.75. The minimum atomic E-state index is -4.47. The van der Waals surface area contributed by atoms with Gasteiger partial charge in [0.2, 0.25) is 5.88 Å². The van der Waals surface area contributed by atoms with E-state index in [1.807, 2.05) is 0 Å². The fourth-order valence-electron chi connectivity index (χ4n) is 0.905. The molecule has 0 unspecified atom stereocenters. The predicted molar refractivity (Wildman–Crippen MR) is 48.3 cm³/mol. The highest BCUT2D eigenvalue weighted by Crippen LogP contribution is 2.19. The molecular weight excluding hydrogens is 227 g/mol. The molecule has 0 radical (unpaired) electrons. The Morgan fingerprint density at radius 1 is 1.56 bits per heavy atom. The third kappa shape index (κ3) is 3.30. The zero-order valence-corrected chi connectivity index (χ0v) is 7.90. The number of hydrogen-bond acceptors (Lipinski definition) is 4. The summed E-state index contributed by atoms with van der Waals surface area (Å²) < 4.78 is 40.1. The van der Waals surface area contributed by atoms with Crippen LogP contribution in [0.4, 0.5) is 13.2 Å². The molecule has 3 N–H and O–H groups in total. The molecule has 0 fully saturated rings. The van der Waals surface area contributed by atoms with Crippen LogP contribution in [-0.2, 0) is 0 Å². The minimum Gasteiger partial charge on any atom is -0.467 e. The fourth-order valence-corrected chi connectivity index (χ4v) is 0.905. The number of oxime groups is 1. The molecule has 0 saturated heterocycles. The van der Waals surface area contributed by atoms with E-state index >= 15 is 0 Å². The van der Waals surface area contributed by atoms with Crippen LogP contribution in [-0.4, -0.2) is 28.8 Å². The molecule has 5 nitrogen and oxygen atoms in total. The van der Waals surface area contributed by atoms with Crippen LogP contribution in [0.1, 0.15) is 5.56 Å². The summed E-state index contributed by atoms with van der Waals surface area (Å²) in [5.74, 6) is -0.708. The third-order valence-corrected chi connectivity index (χ3v) is 1.53. The molecule has 0 atom stereocenters. The largest absolute Gasteiger partial charge is 0.467 e. The van der Waals surface area contributed by atoms with Crippen LogP contribution in [0.2, 0.25) is 0 Å². The number of hydrogen-bond donors (Lipinski definition) is 2. The predicted octanol–water partition coefficient (Wildman–Crippen LogP) is 1.12. The van der Waals surface area contributed by atoms with Crippen LogP contribution in [0.15, 0.2) is 23.5 Å². The molecule has 1 aromatic heterocycles. The molecule has 0 aromatic carbocycles. The second-order valence-electron chi connectivity index (χ2n) is 2.75. The van der Waals surface area contributed by atoms with Crippen LogP contribution in [0.25, 0.3) is 0 Å². The second kappa shape index (κ2) is 4.69. The molecule has 0 bridgehead atoms. The maximum absolute atomic E-state index is 11.9. The van der Waals surface area contributed by atoms with E-state index in [-0.39, 0.29) is 17.3 Å². The van der Waals surface area contributed by atoms with Crippen LogP contribution < -0.4 is 10.5 Å². The highest BCUT2D eigenvalue weighted by molar-refractivity contribution is 5.98. The molecule has 88 valence electrons. The first-order valence-corrected chi connectivity index (χ1v) is 4.06. The van der Waals surface area contributed by atoms with E-state index in [1.54, 1.807) is 0 Å². The smallest absolute Gasteiger partial charge is 0.422 e. The van der Waals surface area contributed by atoms with Crippen molar-refractivity contribution in [1.29, 1.82) is 0 Å². The SMILES string of the molecule is N/C(=N\O)c1cccnc1OCC(F)(F)F. The number of aromatic nitrogens is 1. The van der Waals surface area contributed by atoms with Gasteiger partial charge in [0.15, 0.2) is 12.4 Å². The molecule has 0 aliphatic heterocycles. The summed E-state index contributed by atoms with van der Waals surface area (Å²) in [6, 6.07) is 2.75. The molecule has 0 amide bonds. The van der Waals surface area contributed by atoms with Gasteiger partial charge in [-0.2, -0.15) is 13.2 Å². The lowest BCUT2D eigenvalue weighted by molar-refractivity contribution is -0.154. The molecule has 0 spiro atoms. The Hall–Kier alpha value is -1.99. The van der Waals surface area contributed by atoms with Gasteiger partial charge in [0, 0.05) is 6.20 Å². The normalized spacial score (nSPS) is 12.6. The monoisotopic (exact) mass is 235 g/mol. The number of pyridine rings is 1. The maximum atomic E-state index is 11.9. The number of amidine groups is 1. The van der Waals surface area contributed by atoms with E-state index in [0.29, 0.717) is 0 Å². The number of alkyl halides is 3. The number of ether oxygens (including phenoxy) is 1. The maximum Gasteiger partial charge on any atom is 0.422 e. The summed E-state index contributed by atoms with van der Waals surface area (Å²) >= 11 is 0. The standard InChI is InChI=1S/C8H8F3N3O2/c9-8(10,11)4-16-7-5(6(12)14-15)2-1-3-13-7/h1-3,15H,4H2,(H2,12,14). The molecule has 16 heavy (non-hydrogen) atoms. The van der Waals surface area contributed by atoms with Crippen LogP contribution in [0.5, 0.6) is 5.88 Å². The number of rotatable bonds is 3. The van der Waals surface area contributed by atoms with Crippen molar-refractivity contribution < 1.29 is 23.1 Å². The Labute approximate surface area is 88.3 Å². The van der Waals surface area contributed by atoms with Gasteiger partial charge < -0.3 is 15.7 Å². The Bertz CT molecular complexity index is 392. The average Bonchev–Trinajstić information content (AvgIpc) is 2.25. The topological polar surface area (TPSA) is 80.7 Å². The van der Waals surface area contributed by atoms with Crippen LogP contribution >= 0.6 is 0 Å². The van der Waals surface area contributed by atoms with E-state index in [0.717, 1.165) is 0 Å². The zero-order chi connectivity index (χ0) is 12.2. The van der Waals surface area contributed by atoms with Crippen molar-refractivity contribution in [2.45, 2.75) is 6.18 Å². The molecular formula is C8H8F3N3O2. The minimum absolute atomic E-state index is 0.00532. The van der Waals surface area contributed by atoms with Crippen molar-refractivity contribution >= 4 is 5.84 Å². The lowest BCUT2D eigenvalue weighted by Gasteiger charge is -2.10. The Kier molecular flexibility index (Phi) is 3.54. The van der Waals surface area contributed by atoms with Gasteiger partial charge in [-0.1, -0.05) is 5.16 Å². The molecule has 0 saturated carbocycles. The van der Waals surface area contributed by atoms with Gasteiger partial charge in [-0.25, -0.2) is 4.98 Å². The van der Waals surface area contributed by atoms with Gasteiger partial charge in [0.05, 0.1) is 5.56 Å². The summed E-state index contributed by atoms with van der Waals surface area (Å²) in [7, 11) is 0. The van der Waals surface area contributed by atoms with Crippen molar-refractivity contribution in [1.82, 2.24) is 4.98 Å². The zero-order valence-electron chi connectivity index (χ0n) is 7.90. The summed E-state index contributed by atoms with van der Waals surface area (Å²) in [5, 5.41) is 11.1. The van der Waals surface area contributed by atoms with Gasteiger partial charge >= 0.3 is 6.18 Å². The van der Waals surface area contributed by atoms with Crippen molar-refractivity contribution in [3.8, 4) is 5.88 Å². The van der Waals surface area contributed by atoms with Gasteiger partial charge in [-0.15, -0.1) is 0 Å². The highest BCUT2D eigenvalue weighted by Gasteiger charge is 2.29. The van der Waals surface area contributed by atoms with E-state index in [9.17, 15) is 13.2 Å². The van der Waals surface area contributed by atoms with Crippen molar-refractivity contribution in [3.63, 3.8) is 0 Å². The highest BCUT2D eigenvalue weighted by atomic mass is 19.4. The van der Waals surface area contributed by atoms with E-state index in [1.165, 1.54) is 18.3 Å². The summed E-state index contributed by atoms with van der Waals surface area (Å²) in [4.78, 5) is 3.56. The molecule has 0 aliphatic carbocycles. The fraction of sp³-hybridized carbons (Fsp3) is 0.250.